The molecule has 0 saturated carbocycles. The Morgan fingerprint density at radius 1 is 1.10 bits per heavy atom. The lowest BCUT2D eigenvalue weighted by Crippen LogP contribution is -2.36. The van der Waals surface area contributed by atoms with Crippen molar-refractivity contribution in [3.8, 4) is 0 Å². The Hall–Kier alpha value is -3.32. The van der Waals surface area contributed by atoms with Crippen LogP contribution in [0.2, 0.25) is 0 Å². The van der Waals surface area contributed by atoms with Gasteiger partial charge in [-0.05, 0) is 56.8 Å². The molecule has 3 aromatic rings. The zero-order valence-electron chi connectivity index (χ0n) is 17.6. The maximum absolute atomic E-state index is 12.9. The van der Waals surface area contributed by atoms with Crippen molar-refractivity contribution >= 4 is 51.5 Å². The number of aryl methyl sites for hydroxylation is 1. The second-order valence-electron chi connectivity index (χ2n) is 7.78. The molecule has 3 amide bonds. The molecule has 1 N–H and O–H groups in total. The van der Waals surface area contributed by atoms with E-state index in [0.717, 1.165) is 38.7 Å². The Kier molecular flexibility index (Phi) is 5.69. The SMILES string of the molecule is Cc1ccc(NC(=O)CN2C(=O)S/C(=C/c3cn(C(C)C)c4ccccc34)C2=O)cc1. The third-order valence-corrected chi connectivity index (χ3v) is 6.03. The molecule has 2 aromatic carbocycles. The van der Waals surface area contributed by atoms with Crippen molar-refractivity contribution in [1.82, 2.24) is 9.47 Å². The molecule has 1 aliphatic heterocycles. The molecule has 158 valence electrons. The molecule has 0 aliphatic carbocycles. The van der Waals surface area contributed by atoms with Crippen LogP contribution in [-0.4, -0.2) is 33.1 Å². The van der Waals surface area contributed by atoms with Crippen LogP contribution < -0.4 is 5.32 Å². The van der Waals surface area contributed by atoms with E-state index >= 15 is 0 Å². The molecular formula is C24H23N3O3S. The lowest BCUT2D eigenvalue weighted by Gasteiger charge is -2.12. The van der Waals surface area contributed by atoms with Gasteiger partial charge in [0.1, 0.15) is 6.54 Å². The highest BCUT2D eigenvalue weighted by molar-refractivity contribution is 8.18. The third-order valence-electron chi connectivity index (χ3n) is 5.12. The van der Waals surface area contributed by atoms with Gasteiger partial charge in [-0.3, -0.25) is 19.3 Å². The smallest absolute Gasteiger partial charge is 0.294 e. The average molecular weight is 434 g/mol. The van der Waals surface area contributed by atoms with E-state index in [-0.39, 0.29) is 12.6 Å². The van der Waals surface area contributed by atoms with Crippen molar-refractivity contribution in [2.45, 2.75) is 26.8 Å². The summed E-state index contributed by atoms with van der Waals surface area (Å²) in [5.74, 6) is -0.862. The van der Waals surface area contributed by atoms with Crippen LogP contribution in [0.25, 0.3) is 17.0 Å². The van der Waals surface area contributed by atoms with Crippen molar-refractivity contribution in [3.05, 3.63) is 70.8 Å². The van der Waals surface area contributed by atoms with Crippen molar-refractivity contribution in [2.75, 3.05) is 11.9 Å². The number of imide groups is 1. The summed E-state index contributed by atoms with van der Waals surface area (Å²) in [4.78, 5) is 39.0. The van der Waals surface area contributed by atoms with Crippen LogP contribution in [0.4, 0.5) is 10.5 Å². The van der Waals surface area contributed by atoms with Crippen molar-refractivity contribution in [2.24, 2.45) is 0 Å². The molecule has 4 rings (SSSR count). The van der Waals surface area contributed by atoms with Crippen LogP contribution in [0.1, 0.15) is 31.0 Å². The molecule has 1 fully saturated rings. The summed E-state index contributed by atoms with van der Waals surface area (Å²) in [5, 5.41) is 3.30. The molecule has 7 heteroatoms. The summed E-state index contributed by atoms with van der Waals surface area (Å²) in [7, 11) is 0. The summed E-state index contributed by atoms with van der Waals surface area (Å²) in [5.41, 5.74) is 3.65. The topological polar surface area (TPSA) is 71.4 Å². The van der Waals surface area contributed by atoms with E-state index in [1.165, 1.54) is 0 Å². The maximum atomic E-state index is 12.9. The highest BCUT2D eigenvalue weighted by Crippen LogP contribution is 2.34. The van der Waals surface area contributed by atoms with Crippen LogP contribution in [0.3, 0.4) is 0 Å². The van der Waals surface area contributed by atoms with E-state index in [1.807, 2.05) is 49.5 Å². The standard InChI is InChI=1S/C24H23N3O3S/c1-15(2)26-13-17(19-6-4-5-7-20(19)26)12-21-23(29)27(24(30)31-21)14-22(28)25-18-10-8-16(3)9-11-18/h4-13,15H,14H2,1-3H3,(H,25,28)/b21-12+. The van der Waals surface area contributed by atoms with Crippen molar-refractivity contribution in [1.29, 1.82) is 0 Å². The number of hydrogen-bond donors (Lipinski definition) is 1. The second kappa shape index (κ2) is 8.43. The number of nitrogens with one attached hydrogen (secondary N) is 1. The lowest BCUT2D eigenvalue weighted by molar-refractivity contribution is -0.127. The molecule has 0 atom stereocenters. The fraction of sp³-hybridized carbons (Fsp3) is 0.208. The summed E-state index contributed by atoms with van der Waals surface area (Å²) in [6, 6.07) is 15.5. The predicted molar refractivity (Wildman–Crippen MR) is 125 cm³/mol. The number of benzene rings is 2. The Bertz CT molecular complexity index is 1210. The Morgan fingerprint density at radius 3 is 2.52 bits per heavy atom. The average Bonchev–Trinajstić information content (AvgIpc) is 3.23. The quantitative estimate of drug-likeness (QED) is 0.561. The predicted octanol–water partition coefficient (Wildman–Crippen LogP) is 5.21. The molecular weight excluding hydrogens is 410 g/mol. The molecule has 6 nitrogen and oxygen atoms in total. The number of para-hydroxylation sites is 1. The Labute approximate surface area is 184 Å². The first-order chi connectivity index (χ1) is 14.8. The molecule has 1 saturated heterocycles. The van der Waals surface area contributed by atoms with E-state index in [2.05, 4.69) is 23.7 Å². The second-order valence-corrected chi connectivity index (χ2v) is 8.78. The van der Waals surface area contributed by atoms with Gasteiger partial charge in [-0.2, -0.15) is 0 Å². The molecule has 0 unspecified atom stereocenters. The van der Waals surface area contributed by atoms with Crippen molar-refractivity contribution in [3.63, 3.8) is 0 Å². The van der Waals surface area contributed by atoms with Crippen LogP contribution >= 0.6 is 11.8 Å². The van der Waals surface area contributed by atoms with Crippen molar-refractivity contribution < 1.29 is 14.4 Å². The number of rotatable bonds is 5. The van der Waals surface area contributed by atoms with Gasteiger partial charge in [0.15, 0.2) is 0 Å². The zero-order chi connectivity index (χ0) is 22.1. The zero-order valence-corrected chi connectivity index (χ0v) is 18.4. The number of thioether (sulfide) groups is 1. The van der Waals surface area contributed by atoms with E-state index < -0.39 is 17.1 Å². The van der Waals surface area contributed by atoms with Gasteiger partial charge in [0.05, 0.1) is 4.91 Å². The van der Waals surface area contributed by atoms with Crippen LogP contribution in [0, 0.1) is 6.92 Å². The number of carbonyl (C=O) groups is 3. The molecule has 2 heterocycles. The van der Waals surface area contributed by atoms with Crippen LogP contribution in [0.15, 0.2) is 59.6 Å². The number of carbonyl (C=O) groups excluding carboxylic acids is 3. The Morgan fingerprint density at radius 2 is 1.81 bits per heavy atom. The number of aromatic nitrogens is 1. The van der Waals surface area contributed by atoms with Gasteiger partial charge in [0, 0.05) is 34.4 Å². The van der Waals surface area contributed by atoms with Gasteiger partial charge in [-0.25, -0.2) is 0 Å². The monoisotopic (exact) mass is 433 g/mol. The molecule has 1 aliphatic rings. The summed E-state index contributed by atoms with van der Waals surface area (Å²) in [6.45, 7) is 5.83. The van der Waals surface area contributed by atoms with E-state index in [4.69, 9.17) is 0 Å². The number of nitrogens with zero attached hydrogens (tertiary/aromatic N) is 2. The summed E-state index contributed by atoms with van der Waals surface area (Å²) >= 11 is 0.862. The fourth-order valence-electron chi connectivity index (χ4n) is 3.53. The minimum Gasteiger partial charge on any atom is -0.344 e. The normalized spacial score (nSPS) is 15.5. The van der Waals surface area contributed by atoms with Crippen LogP contribution in [0.5, 0.6) is 0 Å². The van der Waals surface area contributed by atoms with Gasteiger partial charge in [-0.1, -0.05) is 35.9 Å². The summed E-state index contributed by atoms with van der Waals surface area (Å²) < 4.78 is 2.14. The minimum atomic E-state index is -0.449. The Balaban J connectivity index is 1.54. The first-order valence-corrected chi connectivity index (χ1v) is 10.9. The van der Waals surface area contributed by atoms with Crippen LogP contribution in [-0.2, 0) is 9.59 Å². The maximum Gasteiger partial charge on any atom is 0.294 e. The number of amides is 3. The molecule has 0 spiro atoms. The first kappa shape index (κ1) is 20.9. The largest absolute Gasteiger partial charge is 0.344 e. The minimum absolute atomic E-state index is 0.257. The van der Waals surface area contributed by atoms with Gasteiger partial charge < -0.3 is 9.88 Å². The highest BCUT2D eigenvalue weighted by Gasteiger charge is 2.36. The number of anilines is 1. The first-order valence-electron chi connectivity index (χ1n) is 10.0. The molecule has 31 heavy (non-hydrogen) atoms. The van der Waals surface area contributed by atoms with Gasteiger partial charge in [0.25, 0.3) is 11.1 Å². The van der Waals surface area contributed by atoms with Gasteiger partial charge in [-0.15, -0.1) is 0 Å². The third kappa shape index (κ3) is 4.27. The fourth-order valence-corrected chi connectivity index (χ4v) is 4.36. The van der Waals surface area contributed by atoms with E-state index in [0.29, 0.717) is 10.6 Å². The molecule has 0 bridgehead atoms. The lowest BCUT2D eigenvalue weighted by atomic mass is 10.1. The molecule has 1 aromatic heterocycles. The number of hydrogen-bond acceptors (Lipinski definition) is 4. The van der Waals surface area contributed by atoms with Gasteiger partial charge >= 0.3 is 0 Å². The highest BCUT2D eigenvalue weighted by atomic mass is 32.2. The van der Waals surface area contributed by atoms with Gasteiger partial charge in [0.2, 0.25) is 5.91 Å². The number of fused-ring (bicyclic) bond motifs is 1. The summed E-state index contributed by atoms with van der Waals surface area (Å²) in [6.07, 6.45) is 3.73. The molecule has 0 radical (unpaired) electrons. The van der Waals surface area contributed by atoms with E-state index in [1.54, 1.807) is 18.2 Å². The van der Waals surface area contributed by atoms with E-state index in [9.17, 15) is 14.4 Å².